The van der Waals surface area contributed by atoms with Crippen LogP contribution in [-0.2, 0) is 0 Å². The summed E-state index contributed by atoms with van der Waals surface area (Å²) in [4.78, 5) is 8.27. The lowest BCUT2D eigenvalue weighted by Gasteiger charge is -2.02. The highest BCUT2D eigenvalue weighted by molar-refractivity contribution is 5.91. The van der Waals surface area contributed by atoms with E-state index in [1.54, 1.807) is 0 Å². The number of benzene rings is 1. The molecule has 0 fully saturated rings. The Hall–Kier alpha value is -3.01. The molecule has 4 nitrogen and oxygen atoms in total. The maximum Gasteiger partial charge on any atom is 0.115 e. The van der Waals surface area contributed by atoms with Crippen LogP contribution in [0.2, 0.25) is 0 Å². The van der Waals surface area contributed by atoms with Gasteiger partial charge in [-0.2, -0.15) is 5.10 Å². The third-order valence-electron chi connectivity index (χ3n) is 3.44. The van der Waals surface area contributed by atoms with Gasteiger partial charge in [0.05, 0.1) is 5.52 Å². The smallest absolute Gasteiger partial charge is 0.115 e. The topological polar surface area (TPSA) is 43.1 Å². The molecule has 0 N–H and O–H groups in total. The molecule has 0 radical (unpaired) electrons. The number of hydrogen-bond acceptors (Lipinski definition) is 3. The number of rotatable bonds is 2. The normalized spacial score (nSPS) is 10.9. The first-order valence-corrected chi connectivity index (χ1v) is 6.71. The molecule has 0 aliphatic heterocycles. The van der Waals surface area contributed by atoms with Crippen LogP contribution >= 0.6 is 0 Å². The standard InChI is InChI=1S/C17H12N4/c1-2-6-13(7-3-1)17-16(14-10-18-12-19-11-14)15-8-4-5-9-21(15)20-17/h1-12H. The highest BCUT2D eigenvalue weighted by Crippen LogP contribution is 2.34. The second kappa shape index (κ2) is 4.83. The van der Waals surface area contributed by atoms with Crippen LogP contribution in [0.1, 0.15) is 0 Å². The molecule has 0 saturated heterocycles. The summed E-state index contributed by atoms with van der Waals surface area (Å²) in [5.74, 6) is 0. The van der Waals surface area contributed by atoms with Crippen molar-refractivity contribution in [2.75, 3.05) is 0 Å². The van der Waals surface area contributed by atoms with Crippen LogP contribution in [-0.4, -0.2) is 19.6 Å². The van der Waals surface area contributed by atoms with Crippen molar-refractivity contribution >= 4 is 5.52 Å². The van der Waals surface area contributed by atoms with Gasteiger partial charge in [-0.15, -0.1) is 0 Å². The zero-order valence-electron chi connectivity index (χ0n) is 11.2. The summed E-state index contributed by atoms with van der Waals surface area (Å²) in [5, 5.41) is 4.72. The van der Waals surface area contributed by atoms with Crippen molar-refractivity contribution in [2.24, 2.45) is 0 Å². The van der Waals surface area contributed by atoms with Crippen LogP contribution in [0.3, 0.4) is 0 Å². The molecule has 21 heavy (non-hydrogen) atoms. The number of pyridine rings is 1. The Kier molecular flexibility index (Phi) is 2.71. The average molecular weight is 272 g/mol. The van der Waals surface area contributed by atoms with Crippen molar-refractivity contribution in [3.63, 3.8) is 0 Å². The van der Waals surface area contributed by atoms with Crippen molar-refractivity contribution in [1.82, 2.24) is 19.6 Å². The van der Waals surface area contributed by atoms with Gasteiger partial charge in [-0.05, 0) is 12.1 Å². The lowest BCUT2D eigenvalue weighted by Crippen LogP contribution is -1.85. The van der Waals surface area contributed by atoms with Crippen molar-refractivity contribution in [2.45, 2.75) is 0 Å². The van der Waals surface area contributed by atoms with Gasteiger partial charge in [0.25, 0.3) is 0 Å². The summed E-state index contributed by atoms with van der Waals surface area (Å²) in [7, 11) is 0. The minimum atomic E-state index is 0.941. The summed E-state index contributed by atoms with van der Waals surface area (Å²) in [6.07, 6.45) is 7.14. The van der Waals surface area contributed by atoms with E-state index in [2.05, 4.69) is 28.2 Å². The molecule has 0 bridgehead atoms. The van der Waals surface area contributed by atoms with E-state index in [0.29, 0.717) is 0 Å². The van der Waals surface area contributed by atoms with Crippen LogP contribution in [0.15, 0.2) is 73.4 Å². The van der Waals surface area contributed by atoms with Gasteiger partial charge in [-0.25, -0.2) is 14.5 Å². The molecule has 0 amide bonds. The van der Waals surface area contributed by atoms with E-state index in [0.717, 1.165) is 27.9 Å². The second-order valence-electron chi connectivity index (χ2n) is 4.75. The van der Waals surface area contributed by atoms with Crippen molar-refractivity contribution in [1.29, 1.82) is 0 Å². The fourth-order valence-corrected chi connectivity index (χ4v) is 2.51. The molecule has 3 aromatic heterocycles. The Morgan fingerprint density at radius 1 is 0.762 bits per heavy atom. The molecule has 3 heterocycles. The molecule has 100 valence electrons. The highest BCUT2D eigenvalue weighted by Gasteiger charge is 2.16. The van der Waals surface area contributed by atoms with E-state index in [-0.39, 0.29) is 0 Å². The summed E-state index contributed by atoms with van der Waals surface area (Å²) >= 11 is 0. The Bertz CT molecular complexity index is 882. The van der Waals surface area contributed by atoms with Crippen molar-refractivity contribution in [3.05, 3.63) is 73.4 Å². The summed E-state index contributed by atoms with van der Waals surface area (Å²) in [5.41, 5.74) is 5.10. The maximum atomic E-state index is 4.72. The van der Waals surface area contributed by atoms with Crippen LogP contribution in [0, 0.1) is 0 Å². The van der Waals surface area contributed by atoms with Gasteiger partial charge in [-0.3, -0.25) is 0 Å². The molecular formula is C17H12N4. The zero-order chi connectivity index (χ0) is 14.1. The van der Waals surface area contributed by atoms with Gasteiger partial charge in [-0.1, -0.05) is 36.4 Å². The molecule has 4 aromatic rings. The number of fused-ring (bicyclic) bond motifs is 1. The van der Waals surface area contributed by atoms with Crippen LogP contribution in [0.4, 0.5) is 0 Å². The Balaban J connectivity index is 2.07. The molecule has 0 saturated carbocycles. The largest absolute Gasteiger partial charge is 0.244 e. The predicted octanol–water partition coefficient (Wildman–Crippen LogP) is 3.46. The Morgan fingerprint density at radius 3 is 2.33 bits per heavy atom. The van der Waals surface area contributed by atoms with Crippen LogP contribution < -0.4 is 0 Å². The predicted molar refractivity (Wildman–Crippen MR) is 81.7 cm³/mol. The van der Waals surface area contributed by atoms with Gasteiger partial charge < -0.3 is 0 Å². The summed E-state index contributed by atoms with van der Waals surface area (Å²) in [6.45, 7) is 0. The fourth-order valence-electron chi connectivity index (χ4n) is 2.51. The first-order valence-electron chi connectivity index (χ1n) is 6.71. The van der Waals surface area contributed by atoms with Gasteiger partial charge in [0.2, 0.25) is 0 Å². The number of nitrogens with zero attached hydrogens (tertiary/aromatic N) is 4. The minimum Gasteiger partial charge on any atom is -0.244 e. The van der Waals surface area contributed by atoms with Gasteiger partial charge in [0, 0.05) is 35.3 Å². The first-order chi connectivity index (χ1) is 10.4. The number of hydrogen-bond donors (Lipinski definition) is 0. The van der Waals surface area contributed by atoms with Crippen molar-refractivity contribution in [3.8, 4) is 22.4 Å². The summed E-state index contributed by atoms with van der Waals surface area (Å²) in [6, 6.07) is 16.2. The SMILES string of the molecule is c1ccc(-c2nn3ccccc3c2-c2cncnc2)cc1. The monoisotopic (exact) mass is 272 g/mol. The second-order valence-corrected chi connectivity index (χ2v) is 4.75. The average Bonchev–Trinajstić information content (AvgIpc) is 2.96. The molecule has 1 aromatic carbocycles. The molecule has 4 heteroatoms. The lowest BCUT2D eigenvalue weighted by atomic mass is 10.0. The molecular weight excluding hydrogens is 260 g/mol. The third kappa shape index (κ3) is 1.97. The minimum absolute atomic E-state index is 0.941. The Labute approximate surface area is 121 Å². The van der Waals surface area contributed by atoms with E-state index >= 15 is 0 Å². The third-order valence-corrected chi connectivity index (χ3v) is 3.44. The van der Waals surface area contributed by atoms with E-state index in [1.807, 2.05) is 53.4 Å². The van der Waals surface area contributed by atoms with Crippen LogP contribution in [0.5, 0.6) is 0 Å². The molecule has 0 atom stereocenters. The van der Waals surface area contributed by atoms with Crippen LogP contribution in [0.25, 0.3) is 27.9 Å². The first kappa shape index (κ1) is 11.8. The molecule has 0 spiro atoms. The van der Waals surface area contributed by atoms with E-state index < -0.39 is 0 Å². The van der Waals surface area contributed by atoms with Gasteiger partial charge in [0.15, 0.2) is 0 Å². The van der Waals surface area contributed by atoms with E-state index in [9.17, 15) is 0 Å². The van der Waals surface area contributed by atoms with E-state index in [4.69, 9.17) is 5.10 Å². The summed E-state index contributed by atoms with van der Waals surface area (Å²) < 4.78 is 1.89. The lowest BCUT2D eigenvalue weighted by molar-refractivity contribution is 0.966. The zero-order valence-corrected chi connectivity index (χ0v) is 11.2. The van der Waals surface area contributed by atoms with Crippen molar-refractivity contribution < 1.29 is 0 Å². The number of aromatic nitrogens is 4. The van der Waals surface area contributed by atoms with E-state index in [1.165, 1.54) is 6.33 Å². The molecule has 0 aliphatic rings. The molecule has 0 aliphatic carbocycles. The Morgan fingerprint density at radius 2 is 1.52 bits per heavy atom. The quantitative estimate of drug-likeness (QED) is 0.561. The molecule has 0 unspecified atom stereocenters. The molecule has 4 rings (SSSR count). The maximum absolute atomic E-state index is 4.72. The van der Waals surface area contributed by atoms with Gasteiger partial charge in [0.1, 0.15) is 12.0 Å². The highest BCUT2D eigenvalue weighted by atomic mass is 15.2. The fraction of sp³-hybridized carbons (Fsp3) is 0. The van der Waals surface area contributed by atoms with Gasteiger partial charge >= 0.3 is 0 Å².